The van der Waals surface area contributed by atoms with Crippen LogP contribution in [0.15, 0.2) is 48.0 Å². The molecular weight excluding hydrogens is 416 g/mol. The van der Waals surface area contributed by atoms with Crippen LogP contribution in [0, 0.1) is 0 Å². The van der Waals surface area contributed by atoms with Crippen molar-refractivity contribution in [2.45, 2.75) is 19.9 Å². The molecule has 0 saturated carbocycles. The molecule has 31 heavy (non-hydrogen) atoms. The van der Waals surface area contributed by atoms with Crippen LogP contribution in [0.1, 0.15) is 35.8 Å². The van der Waals surface area contributed by atoms with E-state index in [0.29, 0.717) is 23.9 Å². The summed E-state index contributed by atoms with van der Waals surface area (Å²) in [7, 11) is 1.58. The van der Waals surface area contributed by atoms with Crippen LogP contribution in [0.4, 0.5) is 5.13 Å². The first kappa shape index (κ1) is 22.4. The SMILES string of the molecule is COCCOc1ncccc1C(=O)Nc1nc(-c2ccc(C(C)NC(C)=O)cc2)cs1. The van der Waals surface area contributed by atoms with Gasteiger partial charge in [0.1, 0.15) is 12.2 Å². The zero-order chi connectivity index (χ0) is 22.2. The van der Waals surface area contributed by atoms with Gasteiger partial charge in [-0.25, -0.2) is 9.97 Å². The predicted molar refractivity (Wildman–Crippen MR) is 119 cm³/mol. The Morgan fingerprint density at radius 2 is 1.94 bits per heavy atom. The fourth-order valence-corrected chi connectivity index (χ4v) is 3.57. The van der Waals surface area contributed by atoms with Gasteiger partial charge in [-0.1, -0.05) is 24.3 Å². The maximum atomic E-state index is 12.7. The van der Waals surface area contributed by atoms with Crippen LogP contribution in [0.3, 0.4) is 0 Å². The first-order chi connectivity index (χ1) is 15.0. The Kier molecular flexibility index (Phi) is 7.69. The Bertz CT molecular complexity index is 1040. The number of hydrogen-bond acceptors (Lipinski definition) is 7. The molecule has 3 aromatic rings. The summed E-state index contributed by atoms with van der Waals surface area (Å²) in [4.78, 5) is 32.5. The van der Waals surface area contributed by atoms with Gasteiger partial charge in [0, 0.05) is 31.2 Å². The normalized spacial score (nSPS) is 11.6. The lowest BCUT2D eigenvalue weighted by molar-refractivity contribution is -0.119. The molecule has 0 bridgehead atoms. The van der Waals surface area contributed by atoms with Crippen LogP contribution in [0.5, 0.6) is 5.88 Å². The molecule has 8 nitrogen and oxygen atoms in total. The van der Waals surface area contributed by atoms with Crippen LogP contribution in [0.25, 0.3) is 11.3 Å². The zero-order valence-electron chi connectivity index (χ0n) is 17.5. The molecule has 0 spiro atoms. The standard InChI is InChI=1S/C22H24N4O4S/c1-14(24-15(2)27)16-6-8-17(9-7-16)19-13-31-22(25-19)26-20(28)18-5-4-10-23-21(18)30-12-11-29-3/h4-10,13-14H,11-12H2,1-3H3,(H,24,27)(H,25,26,28). The lowest BCUT2D eigenvalue weighted by Gasteiger charge is -2.13. The second kappa shape index (κ2) is 10.6. The van der Waals surface area contributed by atoms with E-state index in [4.69, 9.17) is 9.47 Å². The molecule has 0 aliphatic heterocycles. The van der Waals surface area contributed by atoms with E-state index in [1.54, 1.807) is 25.4 Å². The molecule has 0 fully saturated rings. The van der Waals surface area contributed by atoms with Gasteiger partial charge in [-0.2, -0.15) is 0 Å². The molecule has 0 radical (unpaired) electrons. The van der Waals surface area contributed by atoms with Crippen molar-refractivity contribution in [3.63, 3.8) is 0 Å². The van der Waals surface area contributed by atoms with Gasteiger partial charge < -0.3 is 14.8 Å². The number of pyridine rings is 1. The maximum Gasteiger partial charge on any atom is 0.262 e. The second-order valence-electron chi connectivity index (χ2n) is 6.73. The smallest absolute Gasteiger partial charge is 0.262 e. The van der Waals surface area contributed by atoms with E-state index in [1.165, 1.54) is 18.3 Å². The van der Waals surface area contributed by atoms with Gasteiger partial charge in [-0.15, -0.1) is 11.3 Å². The van der Waals surface area contributed by atoms with Gasteiger partial charge in [0.15, 0.2) is 5.13 Å². The van der Waals surface area contributed by atoms with Gasteiger partial charge in [0.05, 0.1) is 18.3 Å². The summed E-state index contributed by atoms with van der Waals surface area (Å²) in [6, 6.07) is 11.0. The van der Waals surface area contributed by atoms with Crippen molar-refractivity contribution < 1.29 is 19.1 Å². The third kappa shape index (κ3) is 6.09. The lowest BCUT2D eigenvalue weighted by atomic mass is 10.1. The summed E-state index contributed by atoms with van der Waals surface area (Å²) in [5.74, 6) is -0.170. The molecule has 1 atom stereocenters. The van der Waals surface area contributed by atoms with Crippen LogP contribution in [0.2, 0.25) is 0 Å². The van der Waals surface area contributed by atoms with Crippen LogP contribution in [-0.4, -0.2) is 42.1 Å². The van der Waals surface area contributed by atoms with Gasteiger partial charge in [0.25, 0.3) is 5.91 Å². The van der Waals surface area contributed by atoms with Crippen molar-refractivity contribution in [1.82, 2.24) is 15.3 Å². The molecule has 9 heteroatoms. The van der Waals surface area contributed by atoms with Crippen molar-refractivity contribution in [1.29, 1.82) is 0 Å². The van der Waals surface area contributed by atoms with Crippen LogP contribution in [-0.2, 0) is 9.53 Å². The average molecular weight is 441 g/mol. The first-order valence-corrected chi connectivity index (χ1v) is 10.6. The van der Waals surface area contributed by atoms with E-state index in [0.717, 1.165) is 16.8 Å². The summed E-state index contributed by atoms with van der Waals surface area (Å²) in [5.41, 5.74) is 2.99. The zero-order valence-corrected chi connectivity index (χ0v) is 18.4. The predicted octanol–water partition coefficient (Wildman–Crippen LogP) is 3.68. The molecule has 2 N–H and O–H groups in total. The van der Waals surface area contributed by atoms with Crippen LogP contribution >= 0.6 is 11.3 Å². The molecule has 0 aliphatic rings. The fraction of sp³-hybridized carbons (Fsp3) is 0.273. The average Bonchev–Trinajstić information content (AvgIpc) is 3.22. The van der Waals surface area contributed by atoms with E-state index < -0.39 is 0 Å². The minimum Gasteiger partial charge on any atom is -0.475 e. The van der Waals surface area contributed by atoms with E-state index >= 15 is 0 Å². The Labute approximate surface area is 184 Å². The number of benzene rings is 1. The van der Waals surface area contributed by atoms with Crippen molar-refractivity contribution in [2.75, 3.05) is 25.6 Å². The van der Waals surface area contributed by atoms with E-state index in [2.05, 4.69) is 20.6 Å². The van der Waals surface area contributed by atoms with Gasteiger partial charge in [-0.3, -0.25) is 14.9 Å². The van der Waals surface area contributed by atoms with E-state index in [9.17, 15) is 9.59 Å². The largest absolute Gasteiger partial charge is 0.475 e. The Hall–Kier alpha value is -3.30. The molecule has 0 saturated heterocycles. The molecular formula is C22H24N4O4S. The van der Waals surface area contributed by atoms with Crippen molar-refractivity contribution >= 4 is 28.3 Å². The number of rotatable bonds is 9. The number of anilines is 1. The number of hydrogen-bond donors (Lipinski definition) is 2. The highest BCUT2D eigenvalue weighted by Crippen LogP contribution is 2.27. The number of carbonyl (C=O) groups is 2. The number of thiazole rings is 1. The van der Waals surface area contributed by atoms with Crippen molar-refractivity contribution in [2.24, 2.45) is 0 Å². The fourth-order valence-electron chi connectivity index (χ4n) is 2.86. The highest BCUT2D eigenvalue weighted by Gasteiger charge is 2.16. The Morgan fingerprint density at radius 1 is 1.16 bits per heavy atom. The number of nitrogens with zero attached hydrogens (tertiary/aromatic N) is 2. The Morgan fingerprint density at radius 3 is 2.65 bits per heavy atom. The summed E-state index contributed by atoms with van der Waals surface area (Å²) in [6.45, 7) is 4.12. The minimum atomic E-state index is -0.346. The van der Waals surface area contributed by atoms with E-state index in [1.807, 2.05) is 36.6 Å². The molecule has 2 heterocycles. The minimum absolute atomic E-state index is 0.0719. The topological polar surface area (TPSA) is 102 Å². The van der Waals surface area contributed by atoms with Gasteiger partial charge in [0.2, 0.25) is 11.8 Å². The molecule has 1 aromatic carbocycles. The molecule has 2 aromatic heterocycles. The molecule has 162 valence electrons. The van der Waals surface area contributed by atoms with Crippen LogP contribution < -0.4 is 15.4 Å². The second-order valence-corrected chi connectivity index (χ2v) is 7.59. The Balaban J connectivity index is 1.68. The van der Waals surface area contributed by atoms with Gasteiger partial charge >= 0.3 is 0 Å². The number of amides is 2. The highest BCUT2D eigenvalue weighted by atomic mass is 32.1. The summed E-state index contributed by atoms with van der Waals surface area (Å²) < 4.78 is 10.5. The van der Waals surface area contributed by atoms with E-state index in [-0.39, 0.29) is 23.7 Å². The highest BCUT2D eigenvalue weighted by molar-refractivity contribution is 7.14. The quantitative estimate of drug-likeness (QED) is 0.492. The molecule has 3 rings (SSSR count). The third-order valence-electron chi connectivity index (χ3n) is 4.39. The van der Waals surface area contributed by atoms with Crippen molar-refractivity contribution in [3.05, 3.63) is 59.1 Å². The molecule has 0 aliphatic carbocycles. The number of aromatic nitrogens is 2. The number of nitrogens with one attached hydrogen (secondary N) is 2. The maximum absolute atomic E-state index is 12.7. The summed E-state index contributed by atoms with van der Waals surface area (Å²) >= 11 is 1.33. The number of ether oxygens (including phenoxy) is 2. The third-order valence-corrected chi connectivity index (χ3v) is 5.15. The summed E-state index contributed by atoms with van der Waals surface area (Å²) in [6.07, 6.45) is 1.57. The van der Waals surface area contributed by atoms with Gasteiger partial charge in [-0.05, 0) is 24.6 Å². The monoisotopic (exact) mass is 440 g/mol. The summed E-state index contributed by atoms with van der Waals surface area (Å²) in [5, 5.41) is 8.01. The molecule has 2 amide bonds. The number of methoxy groups -OCH3 is 1. The van der Waals surface area contributed by atoms with Crippen molar-refractivity contribution in [3.8, 4) is 17.1 Å². The lowest BCUT2D eigenvalue weighted by Crippen LogP contribution is -2.23. The first-order valence-electron chi connectivity index (χ1n) is 9.69. The number of carbonyl (C=O) groups excluding carboxylic acids is 2. The molecule has 1 unspecified atom stereocenters.